The van der Waals surface area contributed by atoms with Gasteiger partial charge in [0.2, 0.25) is 0 Å². The fourth-order valence-corrected chi connectivity index (χ4v) is 1.19. The number of hydrazine groups is 1. The minimum atomic E-state index is -0.905. The van der Waals surface area contributed by atoms with E-state index < -0.39 is 6.17 Å². The lowest BCUT2D eigenvalue weighted by atomic mass is 10.1. The number of alkyl halides is 1. The van der Waals surface area contributed by atoms with Gasteiger partial charge in [-0.25, -0.2) is 9.82 Å². The van der Waals surface area contributed by atoms with Crippen molar-refractivity contribution in [1.29, 1.82) is 0 Å². The SMILES string of the molecule is CCC(/C=C\[C@H](C)F)[C@H](S)NN. The van der Waals surface area contributed by atoms with Gasteiger partial charge < -0.3 is 0 Å². The molecule has 4 heteroatoms. The lowest BCUT2D eigenvalue weighted by Crippen LogP contribution is -2.35. The molecule has 0 aromatic carbocycles. The maximum Gasteiger partial charge on any atom is 0.115 e. The maximum absolute atomic E-state index is 12.4. The normalized spacial score (nSPS) is 19.4. The highest BCUT2D eigenvalue weighted by atomic mass is 32.1. The van der Waals surface area contributed by atoms with E-state index >= 15 is 0 Å². The molecule has 0 radical (unpaired) electrons. The van der Waals surface area contributed by atoms with Crippen LogP contribution in [0.3, 0.4) is 0 Å². The van der Waals surface area contributed by atoms with Crippen LogP contribution in [0, 0.1) is 5.92 Å². The molecule has 72 valence electrons. The van der Waals surface area contributed by atoms with Crippen molar-refractivity contribution in [3.8, 4) is 0 Å². The molecule has 3 N–H and O–H groups in total. The Morgan fingerprint density at radius 3 is 2.50 bits per heavy atom. The molecular weight excluding hydrogens is 175 g/mol. The smallest absolute Gasteiger partial charge is 0.115 e. The molecule has 0 aliphatic heterocycles. The fraction of sp³-hybridized carbons (Fsp3) is 0.750. The third-order valence-electron chi connectivity index (χ3n) is 1.67. The van der Waals surface area contributed by atoms with Crippen molar-refractivity contribution in [2.24, 2.45) is 11.8 Å². The number of hydrogen-bond donors (Lipinski definition) is 3. The van der Waals surface area contributed by atoms with Gasteiger partial charge in [-0.2, -0.15) is 12.6 Å². The van der Waals surface area contributed by atoms with E-state index in [0.717, 1.165) is 6.42 Å². The summed E-state index contributed by atoms with van der Waals surface area (Å²) in [6.45, 7) is 3.51. The fourth-order valence-electron chi connectivity index (χ4n) is 0.884. The van der Waals surface area contributed by atoms with E-state index in [1.54, 1.807) is 0 Å². The summed E-state index contributed by atoms with van der Waals surface area (Å²) in [4.78, 5) is 0. The Balaban J connectivity index is 3.98. The van der Waals surface area contributed by atoms with E-state index in [9.17, 15) is 4.39 Å². The van der Waals surface area contributed by atoms with Crippen LogP contribution >= 0.6 is 12.6 Å². The highest BCUT2D eigenvalue weighted by Gasteiger charge is 2.10. The van der Waals surface area contributed by atoms with Crippen LogP contribution in [0.4, 0.5) is 4.39 Å². The highest BCUT2D eigenvalue weighted by molar-refractivity contribution is 7.80. The second-order valence-corrected chi connectivity index (χ2v) is 3.30. The maximum atomic E-state index is 12.4. The molecule has 0 rings (SSSR count). The van der Waals surface area contributed by atoms with E-state index in [-0.39, 0.29) is 11.3 Å². The first-order chi connectivity index (χ1) is 5.61. The Kier molecular flexibility index (Phi) is 6.42. The predicted octanol–water partition coefficient (Wildman–Crippen LogP) is 1.65. The molecular formula is C8H17FN2S. The van der Waals surface area contributed by atoms with Crippen molar-refractivity contribution >= 4 is 12.6 Å². The standard InChI is InChI=1S/C8H17FN2S/c1-3-7(8(12)11-10)5-4-6(2)9/h4-8,11-12H,3,10H2,1-2H3/b5-4-/t6-,7?,8-/m0/s1. The second kappa shape index (κ2) is 6.46. The molecule has 3 atom stereocenters. The molecule has 2 nitrogen and oxygen atoms in total. The number of nitrogens with one attached hydrogen (secondary N) is 1. The molecule has 0 aliphatic rings. The third kappa shape index (κ3) is 4.74. The summed E-state index contributed by atoms with van der Waals surface area (Å²) in [7, 11) is 0. The summed E-state index contributed by atoms with van der Waals surface area (Å²) in [6.07, 6.45) is 3.32. The molecule has 0 saturated heterocycles. The van der Waals surface area contributed by atoms with Crippen LogP contribution in [0.5, 0.6) is 0 Å². The van der Waals surface area contributed by atoms with E-state index in [1.165, 1.54) is 13.0 Å². The van der Waals surface area contributed by atoms with Crippen LogP contribution in [-0.2, 0) is 0 Å². The van der Waals surface area contributed by atoms with Gasteiger partial charge in [-0.05, 0) is 13.3 Å². The third-order valence-corrected chi connectivity index (χ3v) is 2.20. The van der Waals surface area contributed by atoms with Crippen LogP contribution in [0.1, 0.15) is 20.3 Å². The molecule has 0 aliphatic carbocycles. The zero-order valence-corrected chi connectivity index (χ0v) is 8.39. The lowest BCUT2D eigenvalue weighted by molar-refractivity contribution is 0.425. The quantitative estimate of drug-likeness (QED) is 0.204. The predicted molar refractivity (Wildman–Crippen MR) is 53.6 cm³/mol. The Labute approximate surface area is 78.8 Å². The summed E-state index contributed by atoms with van der Waals surface area (Å²) >= 11 is 4.20. The van der Waals surface area contributed by atoms with E-state index in [0.29, 0.717) is 0 Å². The van der Waals surface area contributed by atoms with Gasteiger partial charge >= 0.3 is 0 Å². The molecule has 0 saturated carbocycles. The Hall–Kier alpha value is -0.0600. The second-order valence-electron chi connectivity index (χ2n) is 2.75. The Bertz CT molecular complexity index is 139. The number of halogens is 1. The van der Waals surface area contributed by atoms with Crippen molar-refractivity contribution in [2.45, 2.75) is 31.8 Å². The zero-order chi connectivity index (χ0) is 9.56. The number of rotatable bonds is 5. The molecule has 0 aromatic heterocycles. The molecule has 0 bridgehead atoms. The summed E-state index contributed by atoms with van der Waals surface area (Å²) in [5.74, 6) is 5.38. The molecule has 0 amide bonds. The molecule has 0 spiro atoms. The Morgan fingerprint density at radius 1 is 1.58 bits per heavy atom. The van der Waals surface area contributed by atoms with E-state index in [2.05, 4.69) is 18.1 Å². The molecule has 1 unspecified atom stereocenters. The van der Waals surface area contributed by atoms with Crippen LogP contribution < -0.4 is 11.3 Å². The van der Waals surface area contributed by atoms with Gasteiger partial charge in [-0.1, -0.05) is 19.1 Å². The minimum Gasteiger partial charge on any atom is -0.270 e. The Morgan fingerprint density at radius 2 is 2.17 bits per heavy atom. The van der Waals surface area contributed by atoms with Crippen molar-refractivity contribution in [2.75, 3.05) is 0 Å². The highest BCUT2D eigenvalue weighted by Crippen LogP contribution is 2.13. The topological polar surface area (TPSA) is 38.0 Å². The van der Waals surface area contributed by atoms with E-state index in [4.69, 9.17) is 5.84 Å². The first-order valence-corrected chi connectivity index (χ1v) is 4.60. The van der Waals surface area contributed by atoms with Gasteiger partial charge in [0.05, 0.1) is 5.37 Å². The summed E-state index contributed by atoms with van der Waals surface area (Å²) in [6, 6.07) is 0. The number of hydrogen-bond acceptors (Lipinski definition) is 3. The van der Waals surface area contributed by atoms with Crippen molar-refractivity contribution < 1.29 is 4.39 Å². The number of nitrogens with two attached hydrogens (primary N) is 1. The van der Waals surface area contributed by atoms with E-state index in [1.807, 2.05) is 13.0 Å². The first-order valence-electron chi connectivity index (χ1n) is 4.08. The van der Waals surface area contributed by atoms with Gasteiger partial charge in [-0.15, -0.1) is 0 Å². The van der Waals surface area contributed by atoms with Crippen molar-refractivity contribution in [1.82, 2.24) is 5.43 Å². The average molecular weight is 192 g/mol. The van der Waals surface area contributed by atoms with Gasteiger partial charge in [0, 0.05) is 5.92 Å². The molecule has 0 aromatic rings. The summed E-state index contributed by atoms with van der Waals surface area (Å²) < 4.78 is 12.4. The van der Waals surface area contributed by atoms with Gasteiger partial charge in [0.15, 0.2) is 0 Å². The van der Waals surface area contributed by atoms with Crippen molar-refractivity contribution in [3.63, 3.8) is 0 Å². The van der Waals surface area contributed by atoms with Crippen molar-refractivity contribution in [3.05, 3.63) is 12.2 Å². The first kappa shape index (κ1) is 11.9. The molecule has 12 heavy (non-hydrogen) atoms. The van der Waals surface area contributed by atoms with Crippen LogP contribution in [0.15, 0.2) is 12.2 Å². The summed E-state index contributed by atoms with van der Waals surface area (Å²) in [5, 5.41) is -0.106. The minimum absolute atomic E-state index is 0.106. The number of allylic oxidation sites excluding steroid dienone is 1. The van der Waals surface area contributed by atoms with Gasteiger partial charge in [-0.3, -0.25) is 5.84 Å². The van der Waals surface area contributed by atoms with Crippen LogP contribution in [-0.4, -0.2) is 11.5 Å². The molecule has 0 fully saturated rings. The monoisotopic (exact) mass is 192 g/mol. The zero-order valence-electron chi connectivity index (χ0n) is 7.50. The number of thiol groups is 1. The lowest BCUT2D eigenvalue weighted by Gasteiger charge is -2.17. The molecule has 0 heterocycles. The van der Waals surface area contributed by atoms with Crippen LogP contribution in [0.25, 0.3) is 0 Å². The van der Waals surface area contributed by atoms with Crippen LogP contribution in [0.2, 0.25) is 0 Å². The van der Waals surface area contributed by atoms with Gasteiger partial charge in [0.25, 0.3) is 0 Å². The summed E-state index contributed by atoms with van der Waals surface area (Å²) in [5.41, 5.74) is 2.53. The average Bonchev–Trinajstić information content (AvgIpc) is 2.04. The van der Waals surface area contributed by atoms with Gasteiger partial charge in [0.1, 0.15) is 6.17 Å². The largest absolute Gasteiger partial charge is 0.270 e.